The number of nitrogens with two attached hydrogens (primary N) is 1. The summed E-state index contributed by atoms with van der Waals surface area (Å²) in [6, 6.07) is 6.63. The second-order valence-corrected chi connectivity index (χ2v) is 4.63. The van der Waals surface area contributed by atoms with Crippen LogP contribution in [0.2, 0.25) is 0 Å². The zero-order valence-electron chi connectivity index (χ0n) is 10.7. The number of hydrogen-bond donors (Lipinski definition) is 2. The Hall–Kier alpha value is -1.18. The number of benzene rings is 1. The molecule has 1 atom stereocenters. The van der Waals surface area contributed by atoms with Gasteiger partial charge in [-0.2, -0.15) is 0 Å². The molecule has 1 aromatic carbocycles. The third-order valence-electron chi connectivity index (χ3n) is 2.85. The van der Waals surface area contributed by atoms with Gasteiger partial charge in [-0.25, -0.2) is 0 Å². The Morgan fingerprint density at radius 2 is 2.06 bits per heavy atom. The first-order valence-corrected chi connectivity index (χ1v) is 6.26. The minimum atomic E-state index is 0.496. The average molecular weight is 220 g/mol. The monoisotopic (exact) mass is 220 g/mol. The van der Waals surface area contributed by atoms with E-state index in [9.17, 15) is 0 Å². The molecule has 0 saturated carbocycles. The molecular weight excluding hydrogens is 196 g/mol. The van der Waals surface area contributed by atoms with Crippen LogP contribution >= 0.6 is 0 Å². The molecule has 0 spiro atoms. The van der Waals surface area contributed by atoms with E-state index in [-0.39, 0.29) is 0 Å². The third-order valence-corrected chi connectivity index (χ3v) is 2.85. The number of unbranched alkanes of at least 4 members (excludes halogenated alkanes) is 2. The van der Waals surface area contributed by atoms with Crippen molar-refractivity contribution in [1.29, 1.82) is 0 Å². The molecule has 0 aliphatic rings. The Balaban J connectivity index is 2.48. The van der Waals surface area contributed by atoms with E-state index in [4.69, 9.17) is 5.73 Å². The Kier molecular flexibility index (Phi) is 5.17. The molecule has 0 radical (unpaired) electrons. The molecule has 1 aromatic rings. The lowest BCUT2D eigenvalue weighted by atomic mass is 10.1. The highest BCUT2D eigenvalue weighted by Crippen LogP contribution is 2.21. The SMILES string of the molecule is CCCCCC(C)Nc1cc(C)ccc1N. The van der Waals surface area contributed by atoms with Gasteiger partial charge in [0.25, 0.3) is 0 Å². The van der Waals surface area contributed by atoms with Gasteiger partial charge in [0.2, 0.25) is 0 Å². The van der Waals surface area contributed by atoms with Crippen LogP contribution in [0.3, 0.4) is 0 Å². The highest BCUT2D eigenvalue weighted by molar-refractivity contribution is 5.67. The fourth-order valence-corrected chi connectivity index (χ4v) is 1.83. The van der Waals surface area contributed by atoms with Crippen molar-refractivity contribution in [3.63, 3.8) is 0 Å². The molecule has 0 saturated heterocycles. The van der Waals surface area contributed by atoms with Crippen LogP contribution in [0, 0.1) is 6.92 Å². The van der Waals surface area contributed by atoms with E-state index in [0.29, 0.717) is 6.04 Å². The quantitative estimate of drug-likeness (QED) is 0.562. The molecule has 1 unspecified atom stereocenters. The van der Waals surface area contributed by atoms with E-state index >= 15 is 0 Å². The van der Waals surface area contributed by atoms with Crippen LogP contribution in [0.15, 0.2) is 18.2 Å². The first-order chi connectivity index (χ1) is 7.63. The molecule has 1 rings (SSSR count). The summed E-state index contributed by atoms with van der Waals surface area (Å²) in [4.78, 5) is 0. The summed E-state index contributed by atoms with van der Waals surface area (Å²) in [6.45, 7) is 6.54. The summed E-state index contributed by atoms with van der Waals surface area (Å²) >= 11 is 0. The smallest absolute Gasteiger partial charge is 0.0578 e. The summed E-state index contributed by atoms with van der Waals surface area (Å²) in [5.41, 5.74) is 9.09. The maximum atomic E-state index is 5.93. The molecule has 2 heteroatoms. The van der Waals surface area contributed by atoms with Crippen molar-refractivity contribution in [1.82, 2.24) is 0 Å². The van der Waals surface area contributed by atoms with Gasteiger partial charge in [0.1, 0.15) is 0 Å². The van der Waals surface area contributed by atoms with Crippen molar-refractivity contribution < 1.29 is 0 Å². The van der Waals surface area contributed by atoms with Gasteiger partial charge >= 0.3 is 0 Å². The van der Waals surface area contributed by atoms with Gasteiger partial charge in [-0.3, -0.25) is 0 Å². The van der Waals surface area contributed by atoms with Gasteiger partial charge in [0, 0.05) is 6.04 Å². The molecule has 0 heterocycles. The summed E-state index contributed by atoms with van der Waals surface area (Å²) < 4.78 is 0. The maximum Gasteiger partial charge on any atom is 0.0578 e. The first kappa shape index (κ1) is 12.9. The van der Waals surface area contributed by atoms with E-state index < -0.39 is 0 Å². The normalized spacial score (nSPS) is 12.4. The van der Waals surface area contributed by atoms with Crippen LogP contribution in [-0.2, 0) is 0 Å². The predicted octanol–water partition coefficient (Wildman–Crippen LogP) is 3.96. The van der Waals surface area contributed by atoms with Crippen LogP contribution < -0.4 is 11.1 Å². The lowest BCUT2D eigenvalue weighted by Crippen LogP contribution is -2.16. The second kappa shape index (κ2) is 6.41. The standard InChI is InChI=1S/C14H24N2/c1-4-5-6-7-12(3)16-14-10-11(2)8-9-13(14)15/h8-10,12,16H,4-7,15H2,1-3H3. The fourth-order valence-electron chi connectivity index (χ4n) is 1.83. The molecule has 0 amide bonds. The minimum absolute atomic E-state index is 0.496. The topological polar surface area (TPSA) is 38.0 Å². The van der Waals surface area contributed by atoms with Crippen molar-refractivity contribution in [2.24, 2.45) is 0 Å². The van der Waals surface area contributed by atoms with Gasteiger partial charge < -0.3 is 11.1 Å². The van der Waals surface area contributed by atoms with Crippen molar-refractivity contribution in [3.8, 4) is 0 Å². The minimum Gasteiger partial charge on any atom is -0.397 e. The largest absolute Gasteiger partial charge is 0.397 e. The van der Waals surface area contributed by atoms with Crippen LogP contribution in [0.5, 0.6) is 0 Å². The second-order valence-electron chi connectivity index (χ2n) is 4.63. The van der Waals surface area contributed by atoms with E-state index in [2.05, 4.69) is 32.2 Å². The summed E-state index contributed by atoms with van der Waals surface area (Å²) in [6.07, 6.45) is 5.09. The Labute approximate surface area is 99.2 Å². The molecule has 0 aliphatic heterocycles. The van der Waals surface area contributed by atoms with E-state index in [0.717, 1.165) is 11.4 Å². The molecule has 2 nitrogen and oxygen atoms in total. The lowest BCUT2D eigenvalue weighted by Gasteiger charge is -2.17. The highest BCUT2D eigenvalue weighted by atomic mass is 14.9. The zero-order valence-corrected chi connectivity index (χ0v) is 10.7. The summed E-state index contributed by atoms with van der Waals surface area (Å²) in [5.74, 6) is 0. The molecule has 0 aliphatic carbocycles. The Morgan fingerprint density at radius 3 is 2.75 bits per heavy atom. The molecule has 3 N–H and O–H groups in total. The third kappa shape index (κ3) is 4.13. The van der Waals surface area contributed by atoms with E-state index in [1.54, 1.807) is 0 Å². The van der Waals surface area contributed by atoms with Crippen LogP contribution in [0.25, 0.3) is 0 Å². The van der Waals surface area contributed by atoms with Gasteiger partial charge in [-0.1, -0.05) is 32.3 Å². The van der Waals surface area contributed by atoms with Crippen LogP contribution in [0.4, 0.5) is 11.4 Å². The number of anilines is 2. The van der Waals surface area contributed by atoms with Crippen molar-refractivity contribution in [2.45, 2.75) is 52.5 Å². The number of nitrogen functional groups attached to an aromatic ring is 1. The zero-order chi connectivity index (χ0) is 12.0. The molecule has 16 heavy (non-hydrogen) atoms. The van der Waals surface area contributed by atoms with Gasteiger partial charge in [-0.05, 0) is 38.0 Å². The van der Waals surface area contributed by atoms with Crippen LogP contribution in [0.1, 0.15) is 45.1 Å². The highest BCUT2D eigenvalue weighted by Gasteiger charge is 2.04. The molecule has 0 fully saturated rings. The van der Waals surface area contributed by atoms with Crippen molar-refractivity contribution >= 4 is 11.4 Å². The van der Waals surface area contributed by atoms with E-state index in [1.807, 2.05) is 12.1 Å². The lowest BCUT2D eigenvalue weighted by molar-refractivity contribution is 0.615. The van der Waals surface area contributed by atoms with Crippen molar-refractivity contribution in [2.75, 3.05) is 11.1 Å². The molecule has 90 valence electrons. The summed E-state index contributed by atoms with van der Waals surface area (Å²) in [7, 11) is 0. The summed E-state index contributed by atoms with van der Waals surface area (Å²) in [5, 5.41) is 3.48. The first-order valence-electron chi connectivity index (χ1n) is 6.26. The van der Waals surface area contributed by atoms with Crippen molar-refractivity contribution in [3.05, 3.63) is 23.8 Å². The predicted molar refractivity (Wildman–Crippen MR) is 72.8 cm³/mol. The van der Waals surface area contributed by atoms with Gasteiger partial charge in [-0.15, -0.1) is 0 Å². The molecule has 0 aromatic heterocycles. The number of nitrogens with one attached hydrogen (secondary N) is 1. The van der Waals surface area contributed by atoms with Crippen LogP contribution in [-0.4, -0.2) is 6.04 Å². The van der Waals surface area contributed by atoms with Gasteiger partial charge in [0.15, 0.2) is 0 Å². The maximum absolute atomic E-state index is 5.93. The Morgan fingerprint density at radius 1 is 1.31 bits per heavy atom. The fraction of sp³-hybridized carbons (Fsp3) is 0.571. The van der Waals surface area contributed by atoms with Gasteiger partial charge in [0.05, 0.1) is 11.4 Å². The average Bonchev–Trinajstić information content (AvgIpc) is 2.24. The Bertz CT molecular complexity index is 321. The molecule has 0 bridgehead atoms. The number of rotatable bonds is 6. The number of hydrogen-bond acceptors (Lipinski definition) is 2. The molecular formula is C14H24N2. The van der Waals surface area contributed by atoms with E-state index in [1.165, 1.54) is 31.2 Å². The number of aryl methyl sites for hydroxylation is 1.